The highest BCUT2D eigenvalue weighted by molar-refractivity contribution is 6.00. The molecule has 1 saturated carbocycles. The molecule has 0 spiro atoms. The summed E-state index contributed by atoms with van der Waals surface area (Å²) in [5, 5.41) is 16.6. The summed E-state index contributed by atoms with van der Waals surface area (Å²) in [6, 6.07) is 16.5. The van der Waals surface area contributed by atoms with Gasteiger partial charge >= 0.3 is 5.97 Å². The van der Waals surface area contributed by atoms with E-state index in [1.807, 2.05) is 43.3 Å². The van der Waals surface area contributed by atoms with Crippen LogP contribution in [-0.2, 0) is 0 Å². The van der Waals surface area contributed by atoms with Crippen molar-refractivity contribution in [2.24, 2.45) is 0 Å². The molecule has 5 rings (SSSR count). The van der Waals surface area contributed by atoms with Gasteiger partial charge in [-0.3, -0.25) is 9.36 Å². The molecule has 0 atom stereocenters. The lowest BCUT2D eigenvalue weighted by Crippen LogP contribution is -2.25. The van der Waals surface area contributed by atoms with Crippen LogP contribution < -0.4 is 10.6 Å². The number of carbonyl (C=O) groups is 2. The van der Waals surface area contributed by atoms with Gasteiger partial charge in [-0.1, -0.05) is 24.3 Å². The van der Waals surface area contributed by atoms with Crippen molar-refractivity contribution in [3.05, 3.63) is 77.7 Å². The van der Waals surface area contributed by atoms with E-state index < -0.39 is 5.97 Å². The first kappa shape index (κ1) is 19.7. The maximum absolute atomic E-state index is 12.5. The van der Waals surface area contributed by atoms with Crippen molar-refractivity contribution in [1.82, 2.24) is 19.9 Å². The van der Waals surface area contributed by atoms with Gasteiger partial charge < -0.3 is 15.7 Å². The molecule has 0 aliphatic heterocycles. The SMILES string of the molecule is Cc1ccc(C(=O)NC2CC2)cc1Nc1ncnc2c1cc(C(=O)O)n2-c1ccccc1. The average molecular weight is 427 g/mol. The van der Waals surface area contributed by atoms with Crippen LogP contribution in [0.15, 0.2) is 60.9 Å². The summed E-state index contributed by atoms with van der Waals surface area (Å²) >= 11 is 0. The van der Waals surface area contributed by atoms with Crippen LogP contribution in [0.5, 0.6) is 0 Å². The molecule has 32 heavy (non-hydrogen) atoms. The summed E-state index contributed by atoms with van der Waals surface area (Å²) in [6.07, 6.45) is 3.44. The van der Waals surface area contributed by atoms with E-state index in [9.17, 15) is 14.7 Å². The first-order valence-corrected chi connectivity index (χ1v) is 10.3. The Kier molecular flexibility index (Phi) is 4.82. The monoisotopic (exact) mass is 427 g/mol. The number of fused-ring (bicyclic) bond motifs is 1. The van der Waals surface area contributed by atoms with Gasteiger partial charge in [0.1, 0.15) is 17.8 Å². The Morgan fingerprint density at radius 3 is 2.56 bits per heavy atom. The molecule has 1 aliphatic rings. The van der Waals surface area contributed by atoms with Crippen molar-refractivity contribution in [2.45, 2.75) is 25.8 Å². The molecular weight excluding hydrogens is 406 g/mol. The molecule has 8 nitrogen and oxygen atoms in total. The highest BCUT2D eigenvalue weighted by Crippen LogP contribution is 2.30. The predicted octanol–water partition coefficient (Wildman–Crippen LogP) is 4.06. The molecule has 4 aromatic rings. The van der Waals surface area contributed by atoms with Crippen molar-refractivity contribution >= 4 is 34.4 Å². The minimum atomic E-state index is -1.06. The van der Waals surface area contributed by atoms with Crippen molar-refractivity contribution in [1.29, 1.82) is 0 Å². The zero-order valence-electron chi connectivity index (χ0n) is 17.4. The second-order valence-corrected chi connectivity index (χ2v) is 7.87. The Balaban J connectivity index is 1.57. The lowest BCUT2D eigenvalue weighted by molar-refractivity contribution is 0.0688. The Hall–Kier alpha value is -4.20. The molecule has 2 heterocycles. The lowest BCUT2D eigenvalue weighted by Gasteiger charge is -2.12. The molecule has 0 saturated heterocycles. The highest BCUT2D eigenvalue weighted by atomic mass is 16.4. The van der Waals surface area contributed by atoms with Gasteiger partial charge in [0.05, 0.1) is 5.39 Å². The third-order valence-corrected chi connectivity index (χ3v) is 5.50. The first-order chi connectivity index (χ1) is 15.5. The van der Waals surface area contributed by atoms with E-state index in [2.05, 4.69) is 20.6 Å². The molecule has 0 bridgehead atoms. The van der Waals surface area contributed by atoms with Gasteiger partial charge in [-0.2, -0.15) is 0 Å². The van der Waals surface area contributed by atoms with Crippen molar-refractivity contribution < 1.29 is 14.7 Å². The Morgan fingerprint density at radius 2 is 1.84 bits per heavy atom. The second-order valence-electron chi connectivity index (χ2n) is 7.87. The number of para-hydroxylation sites is 1. The standard InChI is InChI=1S/C24H21N5O3/c1-14-7-8-15(23(30)27-16-9-10-16)11-19(14)28-21-18-12-20(24(31)32)29(22(18)26-13-25-21)17-5-3-2-4-6-17/h2-8,11-13,16H,9-10H2,1H3,(H,27,30)(H,31,32)(H,25,26,28). The summed E-state index contributed by atoms with van der Waals surface area (Å²) in [6.45, 7) is 1.93. The number of hydrogen-bond acceptors (Lipinski definition) is 5. The van der Waals surface area contributed by atoms with E-state index in [1.165, 1.54) is 6.33 Å². The summed E-state index contributed by atoms with van der Waals surface area (Å²) < 4.78 is 1.59. The van der Waals surface area contributed by atoms with Crippen molar-refractivity contribution in [3.8, 4) is 5.69 Å². The second kappa shape index (κ2) is 7.81. The Labute approximate surface area is 183 Å². The molecule has 2 aromatic carbocycles. The number of carboxylic acid groups (broad SMARTS) is 1. The third-order valence-electron chi connectivity index (χ3n) is 5.50. The quantitative estimate of drug-likeness (QED) is 0.428. The van der Waals surface area contributed by atoms with E-state index in [4.69, 9.17) is 0 Å². The molecule has 1 aliphatic carbocycles. The smallest absolute Gasteiger partial charge is 0.352 e. The van der Waals surface area contributed by atoms with E-state index in [1.54, 1.807) is 22.8 Å². The lowest BCUT2D eigenvalue weighted by atomic mass is 10.1. The number of anilines is 2. The molecule has 8 heteroatoms. The van der Waals surface area contributed by atoms with E-state index in [0.29, 0.717) is 28.1 Å². The van der Waals surface area contributed by atoms with Crippen LogP contribution in [0.3, 0.4) is 0 Å². The number of rotatable bonds is 6. The van der Waals surface area contributed by atoms with Crippen LogP contribution in [0.1, 0.15) is 39.3 Å². The number of benzene rings is 2. The van der Waals surface area contributed by atoms with Gasteiger partial charge in [-0.05, 0) is 55.7 Å². The fourth-order valence-electron chi connectivity index (χ4n) is 3.63. The number of nitrogens with one attached hydrogen (secondary N) is 2. The van der Waals surface area contributed by atoms with Crippen LogP contribution in [-0.4, -0.2) is 37.6 Å². The van der Waals surface area contributed by atoms with Crippen LogP contribution in [0, 0.1) is 6.92 Å². The predicted molar refractivity (Wildman–Crippen MR) is 121 cm³/mol. The van der Waals surface area contributed by atoms with Gasteiger partial charge in [0.2, 0.25) is 0 Å². The topological polar surface area (TPSA) is 109 Å². The number of amides is 1. The van der Waals surface area contributed by atoms with Gasteiger partial charge in [0, 0.05) is 23.0 Å². The summed E-state index contributed by atoms with van der Waals surface area (Å²) in [5.41, 5.74) is 3.47. The zero-order valence-corrected chi connectivity index (χ0v) is 17.4. The fourth-order valence-corrected chi connectivity index (χ4v) is 3.63. The highest BCUT2D eigenvalue weighted by Gasteiger charge is 2.24. The van der Waals surface area contributed by atoms with Crippen molar-refractivity contribution in [2.75, 3.05) is 5.32 Å². The summed E-state index contributed by atoms with van der Waals surface area (Å²) in [4.78, 5) is 33.1. The van der Waals surface area contributed by atoms with Gasteiger partial charge in [-0.25, -0.2) is 14.8 Å². The zero-order chi connectivity index (χ0) is 22.2. The first-order valence-electron chi connectivity index (χ1n) is 10.3. The Morgan fingerprint density at radius 1 is 1.06 bits per heavy atom. The molecule has 3 N–H and O–H groups in total. The molecule has 0 radical (unpaired) electrons. The van der Waals surface area contributed by atoms with Gasteiger partial charge in [0.15, 0.2) is 5.65 Å². The third kappa shape index (κ3) is 3.66. The number of nitrogens with zero attached hydrogens (tertiary/aromatic N) is 3. The fraction of sp³-hybridized carbons (Fsp3) is 0.167. The van der Waals surface area contributed by atoms with E-state index >= 15 is 0 Å². The number of carboxylic acids is 1. The molecule has 2 aromatic heterocycles. The summed E-state index contributed by atoms with van der Waals surface area (Å²) in [7, 11) is 0. The molecule has 1 amide bonds. The van der Waals surface area contributed by atoms with E-state index in [0.717, 1.165) is 24.1 Å². The van der Waals surface area contributed by atoms with Crippen LogP contribution in [0.2, 0.25) is 0 Å². The molecule has 0 unspecified atom stereocenters. The minimum Gasteiger partial charge on any atom is -0.477 e. The summed E-state index contributed by atoms with van der Waals surface area (Å²) in [5.74, 6) is -0.700. The molecular formula is C24H21N5O3. The molecule has 160 valence electrons. The van der Waals surface area contributed by atoms with Crippen molar-refractivity contribution in [3.63, 3.8) is 0 Å². The number of hydrogen-bond donors (Lipinski definition) is 3. The van der Waals surface area contributed by atoms with Crippen LogP contribution in [0.25, 0.3) is 16.7 Å². The van der Waals surface area contributed by atoms with Crippen LogP contribution in [0.4, 0.5) is 11.5 Å². The van der Waals surface area contributed by atoms with Gasteiger partial charge in [-0.15, -0.1) is 0 Å². The minimum absolute atomic E-state index is 0.0871. The number of aryl methyl sites for hydroxylation is 1. The largest absolute Gasteiger partial charge is 0.477 e. The van der Waals surface area contributed by atoms with Gasteiger partial charge in [0.25, 0.3) is 5.91 Å². The normalized spacial score (nSPS) is 13.2. The number of aromatic nitrogens is 3. The maximum atomic E-state index is 12.5. The average Bonchev–Trinajstić information content (AvgIpc) is 3.51. The maximum Gasteiger partial charge on any atom is 0.352 e. The number of carbonyl (C=O) groups excluding carboxylic acids is 1. The Bertz CT molecular complexity index is 1340. The molecule has 1 fully saturated rings. The van der Waals surface area contributed by atoms with E-state index in [-0.39, 0.29) is 17.6 Å². The number of aromatic carboxylic acids is 1. The van der Waals surface area contributed by atoms with Crippen LogP contribution >= 0.6 is 0 Å².